The number of nitrogens with zero attached hydrogens (tertiary/aromatic N) is 5. The predicted octanol–water partition coefficient (Wildman–Crippen LogP) is 0.0223. The third-order valence-electron chi connectivity index (χ3n) is 2.11. The molecule has 0 unspecified atom stereocenters. The van der Waals surface area contributed by atoms with E-state index in [1.54, 1.807) is 0 Å². The van der Waals surface area contributed by atoms with Crippen molar-refractivity contribution in [2.24, 2.45) is 7.05 Å². The second-order valence-electron chi connectivity index (χ2n) is 3.49. The maximum absolute atomic E-state index is 12.0. The summed E-state index contributed by atoms with van der Waals surface area (Å²) in [7, 11) is -1.06. The van der Waals surface area contributed by atoms with E-state index in [9.17, 15) is 18.5 Å². The lowest BCUT2D eigenvalue weighted by molar-refractivity contribution is -0.383. The molecule has 0 saturated heterocycles. The minimum absolute atomic E-state index is 0.141. The molecule has 2 N–H and O–H groups in total. The Morgan fingerprint density at radius 1 is 1.50 bits per heavy atom. The van der Waals surface area contributed by atoms with E-state index in [1.165, 1.54) is 14.1 Å². The van der Waals surface area contributed by atoms with Crippen molar-refractivity contribution >= 4 is 38.0 Å². The highest BCUT2D eigenvalue weighted by Gasteiger charge is 2.26. The fourth-order valence-corrected chi connectivity index (χ4v) is 3.52. The molecular weight excluding hydrogens is 310 g/mol. The van der Waals surface area contributed by atoms with Gasteiger partial charge in [-0.3, -0.25) is 10.1 Å². The molecule has 0 aliphatic carbocycles. The smallest absolute Gasteiger partial charge is 0.304 e. The summed E-state index contributed by atoms with van der Waals surface area (Å²) in [6.45, 7) is 0. The number of aromatic nitrogens is 4. The van der Waals surface area contributed by atoms with Crippen LogP contribution in [0.25, 0.3) is 0 Å². The first-order valence-electron chi connectivity index (χ1n) is 5.06. The van der Waals surface area contributed by atoms with E-state index < -0.39 is 14.9 Å². The van der Waals surface area contributed by atoms with Gasteiger partial charge in [-0.2, -0.15) is 4.80 Å². The molecule has 2 aromatic heterocycles. The summed E-state index contributed by atoms with van der Waals surface area (Å²) >= 11 is 0.735. The molecule has 0 amide bonds. The van der Waals surface area contributed by atoms with Crippen molar-refractivity contribution < 1.29 is 13.3 Å². The summed E-state index contributed by atoms with van der Waals surface area (Å²) in [5.74, 6) is -0.213. The van der Waals surface area contributed by atoms with Gasteiger partial charge in [-0.25, -0.2) is 13.1 Å². The van der Waals surface area contributed by atoms with E-state index in [0.29, 0.717) is 0 Å². The second-order valence-corrected chi connectivity index (χ2v) is 6.46. The van der Waals surface area contributed by atoms with Crippen LogP contribution in [0.3, 0.4) is 0 Å². The Labute approximate surface area is 116 Å². The van der Waals surface area contributed by atoms with Gasteiger partial charge >= 0.3 is 5.69 Å². The number of thiophene rings is 1. The lowest BCUT2D eigenvalue weighted by Crippen LogP contribution is -2.12. The quantitative estimate of drug-likeness (QED) is 0.579. The standard InChI is InChI=1S/C7H9N7O4S2/c1-8-6-4(14(15)16)3-5(19-6)20(17,18)11-7-9-12-13(2)10-7/h3,8H,1-2H3,(H,10,11). The molecule has 20 heavy (non-hydrogen) atoms. The van der Waals surface area contributed by atoms with Crippen LogP contribution in [0.1, 0.15) is 0 Å². The van der Waals surface area contributed by atoms with Crippen LogP contribution in [0.5, 0.6) is 0 Å². The van der Waals surface area contributed by atoms with Gasteiger partial charge in [0.05, 0.1) is 12.0 Å². The number of anilines is 2. The summed E-state index contributed by atoms with van der Waals surface area (Å²) < 4.78 is 26.0. The van der Waals surface area contributed by atoms with Gasteiger partial charge in [-0.15, -0.1) is 5.10 Å². The van der Waals surface area contributed by atoms with Gasteiger partial charge in [0.25, 0.3) is 16.0 Å². The Morgan fingerprint density at radius 2 is 2.20 bits per heavy atom. The van der Waals surface area contributed by atoms with Gasteiger partial charge in [-0.1, -0.05) is 16.4 Å². The minimum Gasteiger partial charge on any atom is -0.374 e. The zero-order chi connectivity index (χ0) is 14.9. The topological polar surface area (TPSA) is 145 Å². The molecule has 2 rings (SSSR count). The van der Waals surface area contributed by atoms with Crippen molar-refractivity contribution in [1.82, 2.24) is 20.2 Å². The number of nitro groups is 1. The van der Waals surface area contributed by atoms with Crippen LogP contribution < -0.4 is 10.0 Å². The molecule has 0 aromatic carbocycles. The van der Waals surface area contributed by atoms with Crippen molar-refractivity contribution in [1.29, 1.82) is 0 Å². The third kappa shape index (κ3) is 2.67. The second kappa shape index (κ2) is 5.01. The number of sulfonamides is 1. The molecule has 2 aromatic rings. The minimum atomic E-state index is -4.00. The van der Waals surface area contributed by atoms with Crippen LogP contribution in [0, 0.1) is 10.1 Å². The number of rotatable bonds is 5. The summed E-state index contributed by atoms with van der Waals surface area (Å²) in [5, 5.41) is 24.1. The number of aryl methyl sites for hydroxylation is 1. The lowest BCUT2D eigenvalue weighted by Gasteiger charge is -1.99. The Balaban J connectivity index is 2.37. The fourth-order valence-electron chi connectivity index (χ4n) is 1.30. The average molecular weight is 319 g/mol. The average Bonchev–Trinajstić information content (AvgIpc) is 2.95. The van der Waals surface area contributed by atoms with E-state index in [-0.39, 0.29) is 20.8 Å². The molecule has 0 saturated carbocycles. The Bertz CT molecular complexity index is 749. The van der Waals surface area contributed by atoms with Crippen LogP contribution >= 0.6 is 11.3 Å². The van der Waals surface area contributed by atoms with E-state index in [2.05, 4.69) is 25.4 Å². The number of hydrogen-bond acceptors (Lipinski definition) is 9. The molecule has 0 bridgehead atoms. The van der Waals surface area contributed by atoms with E-state index in [1.807, 2.05) is 0 Å². The summed E-state index contributed by atoms with van der Waals surface area (Å²) in [4.78, 5) is 11.2. The van der Waals surface area contributed by atoms with Crippen LogP contribution in [0.4, 0.5) is 16.6 Å². The summed E-state index contributed by atoms with van der Waals surface area (Å²) in [6.07, 6.45) is 0. The van der Waals surface area contributed by atoms with Crippen LogP contribution in [-0.4, -0.2) is 40.6 Å². The molecule has 0 aliphatic rings. The highest BCUT2D eigenvalue weighted by molar-refractivity contribution is 7.94. The Kier molecular flexibility index (Phi) is 3.54. The maximum Gasteiger partial charge on any atom is 0.304 e. The number of nitrogens with one attached hydrogen (secondary N) is 2. The first-order chi connectivity index (χ1) is 9.33. The zero-order valence-electron chi connectivity index (χ0n) is 10.3. The summed E-state index contributed by atoms with van der Waals surface area (Å²) in [5.41, 5.74) is -0.315. The van der Waals surface area contributed by atoms with E-state index in [0.717, 1.165) is 22.2 Å². The van der Waals surface area contributed by atoms with Crippen molar-refractivity contribution in [2.75, 3.05) is 17.1 Å². The molecule has 11 nitrogen and oxygen atoms in total. The first-order valence-corrected chi connectivity index (χ1v) is 7.36. The van der Waals surface area contributed by atoms with Crippen molar-refractivity contribution in [2.45, 2.75) is 4.21 Å². The monoisotopic (exact) mass is 319 g/mol. The number of hydrogen-bond donors (Lipinski definition) is 2. The molecular formula is C7H9N7O4S2. The van der Waals surface area contributed by atoms with Gasteiger partial charge in [0, 0.05) is 13.1 Å². The normalized spacial score (nSPS) is 11.3. The van der Waals surface area contributed by atoms with E-state index >= 15 is 0 Å². The molecule has 0 atom stereocenters. The van der Waals surface area contributed by atoms with Gasteiger partial charge in [-0.05, 0) is 5.21 Å². The highest BCUT2D eigenvalue weighted by Crippen LogP contribution is 2.36. The van der Waals surface area contributed by atoms with Gasteiger partial charge in [0.1, 0.15) is 4.21 Å². The SMILES string of the molecule is CNc1sc(S(=O)(=O)Nc2nnn(C)n2)cc1[N+](=O)[O-]. The van der Waals surface area contributed by atoms with Gasteiger partial charge in [0.15, 0.2) is 5.00 Å². The van der Waals surface area contributed by atoms with Crippen LogP contribution in [-0.2, 0) is 17.1 Å². The zero-order valence-corrected chi connectivity index (χ0v) is 11.9. The molecule has 13 heteroatoms. The van der Waals surface area contributed by atoms with Crippen LogP contribution in [0.2, 0.25) is 0 Å². The van der Waals surface area contributed by atoms with Gasteiger partial charge in [0.2, 0.25) is 0 Å². The van der Waals surface area contributed by atoms with Gasteiger partial charge < -0.3 is 5.32 Å². The van der Waals surface area contributed by atoms with Crippen molar-refractivity contribution in [3.63, 3.8) is 0 Å². The van der Waals surface area contributed by atoms with Crippen LogP contribution in [0.15, 0.2) is 10.3 Å². The number of tetrazole rings is 1. The molecule has 0 spiro atoms. The third-order valence-corrected chi connectivity index (χ3v) is 5.06. The maximum atomic E-state index is 12.0. The van der Waals surface area contributed by atoms with Crippen molar-refractivity contribution in [3.05, 3.63) is 16.2 Å². The molecule has 2 heterocycles. The Morgan fingerprint density at radius 3 is 2.65 bits per heavy atom. The summed E-state index contributed by atoms with van der Waals surface area (Å²) in [6, 6.07) is 0.967. The molecule has 0 fully saturated rings. The Hall–Kier alpha value is -2.28. The lowest BCUT2D eigenvalue weighted by atomic mass is 10.5. The predicted molar refractivity (Wildman–Crippen MR) is 70.1 cm³/mol. The first kappa shape index (κ1) is 14.1. The van der Waals surface area contributed by atoms with E-state index in [4.69, 9.17) is 0 Å². The molecule has 0 aliphatic heterocycles. The highest BCUT2D eigenvalue weighted by atomic mass is 32.2. The fraction of sp³-hybridized carbons (Fsp3) is 0.286. The molecule has 108 valence electrons. The largest absolute Gasteiger partial charge is 0.374 e. The molecule has 0 radical (unpaired) electrons. The van der Waals surface area contributed by atoms with Crippen molar-refractivity contribution in [3.8, 4) is 0 Å².